The Hall–Kier alpha value is -3.71. The highest BCUT2D eigenvalue weighted by Crippen LogP contribution is 2.44. The lowest BCUT2D eigenvalue weighted by molar-refractivity contribution is -0.0803. The fourth-order valence-corrected chi connectivity index (χ4v) is 9.16. The smallest absolute Gasteiger partial charge is 0.240 e. The Kier molecular flexibility index (Phi) is 12.3. The molecule has 2 bridgehead atoms. The molecular formula is C42H53N5O4S2. The van der Waals surface area contributed by atoms with Gasteiger partial charge in [0.1, 0.15) is 0 Å². The molecule has 3 saturated heterocycles. The van der Waals surface area contributed by atoms with E-state index in [1.165, 1.54) is 6.42 Å². The first-order valence-electron chi connectivity index (χ1n) is 18.5. The highest BCUT2D eigenvalue weighted by atomic mass is 32.2. The van der Waals surface area contributed by atoms with Crippen LogP contribution in [-0.2, 0) is 26.1 Å². The molecule has 3 fully saturated rings. The SMILES string of the molecule is C=CC1CN2CCC1C[C@H]2[C@H](OCc1ccccc1)c1ccnc2ccc(NC(=S)NC[C@@H](NS(=O)(=O)c3ccc(C)cc3)[C@H](C)OC(C)(C)C)cc12. The van der Waals surface area contributed by atoms with E-state index < -0.39 is 27.8 Å². The summed E-state index contributed by atoms with van der Waals surface area (Å²) in [5.74, 6) is 1.11. The number of ether oxygens (including phenoxy) is 2. The largest absolute Gasteiger partial charge is 0.371 e. The summed E-state index contributed by atoms with van der Waals surface area (Å²) in [6, 6.07) is 24.9. The van der Waals surface area contributed by atoms with Crippen LogP contribution in [0.1, 0.15) is 63.3 Å². The van der Waals surface area contributed by atoms with E-state index in [1.807, 2.05) is 71.1 Å². The van der Waals surface area contributed by atoms with Crippen LogP contribution in [0.4, 0.5) is 5.69 Å². The Morgan fingerprint density at radius 2 is 1.85 bits per heavy atom. The summed E-state index contributed by atoms with van der Waals surface area (Å²) in [6.45, 7) is 16.5. The molecule has 53 heavy (non-hydrogen) atoms. The average Bonchev–Trinajstić information content (AvgIpc) is 3.13. The minimum absolute atomic E-state index is 0.166. The van der Waals surface area contributed by atoms with Gasteiger partial charge in [-0.25, -0.2) is 13.1 Å². The number of aromatic nitrogens is 1. The van der Waals surface area contributed by atoms with Gasteiger partial charge in [-0.2, -0.15) is 0 Å². The second-order valence-corrected chi connectivity index (χ2v) is 17.5. The van der Waals surface area contributed by atoms with Crippen molar-refractivity contribution in [1.29, 1.82) is 0 Å². The second-order valence-electron chi connectivity index (χ2n) is 15.4. The quantitative estimate of drug-likeness (QED) is 0.0890. The molecule has 0 amide bonds. The maximum Gasteiger partial charge on any atom is 0.240 e. The summed E-state index contributed by atoms with van der Waals surface area (Å²) in [7, 11) is -3.82. The van der Waals surface area contributed by atoms with Crippen molar-refractivity contribution in [3.8, 4) is 0 Å². The molecule has 0 radical (unpaired) electrons. The number of sulfonamides is 1. The van der Waals surface area contributed by atoms with Crippen LogP contribution in [0.3, 0.4) is 0 Å². The van der Waals surface area contributed by atoms with Crippen molar-refractivity contribution < 1.29 is 17.9 Å². The van der Waals surface area contributed by atoms with E-state index in [4.69, 9.17) is 26.7 Å². The maximum atomic E-state index is 13.4. The molecular weight excluding hydrogens is 703 g/mol. The van der Waals surface area contributed by atoms with Gasteiger partial charge in [0.05, 0.1) is 40.9 Å². The molecule has 3 aromatic carbocycles. The number of hydrogen-bond donors (Lipinski definition) is 3. The lowest BCUT2D eigenvalue weighted by atomic mass is 9.73. The van der Waals surface area contributed by atoms with E-state index >= 15 is 0 Å². The van der Waals surface area contributed by atoms with E-state index in [0.29, 0.717) is 23.6 Å². The predicted molar refractivity (Wildman–Crippen MR) is 217 cm³/mol. The van der Waals surface area contributed by atoms with Gasteiger partial charge in [-0.1, -0.05) is 54.1 Å². The van der Waals surface area contributed by atoms with Crippen LogP contribution in [0.2, 0.25) is 0 Å². The highest BCUT2D eigenvalue weighted by molar-refractivity contribution is 7.89. The molecule has 3 N–H and O–H groups in total. The number of anilines is 1. The summed E-state index contributed by atoms with van der Waals surface area (Å²) in [6.07, 6.45) is 5.61. The van der Waals surface area contributed by atoms with Crippen molar-refractivity contribution in [3.05, 3.63) is 114 Å². The van der Waals surface area contributed by atoms with Gasteiger partial charge in [-0.3, -0.25) is 9.88 Å². The molecule has 3 aliphatic rings. The van der Waals surface area contributed by atoms with Gasteiger partial charge in [-0.15, -0.1) is 6.58 Å². The van der Waals surface area contributed by atoms with Crippen molar-refractivity contribution >= 4 is 43.9 Å². The molecule has 0 spiro atoms. The first kappa shape index (κ1) is 39.0. The van der Waals surface area contributed by atoms with Crippen molar-refractivity contribution in [2.75, 3.05) is 25.0 Å². The predicted octanol–water partition coefficient (Wildman–Crippen LogP) is 7.53. The normalized spacial score (nSPS) is 21.8. The Morgan fingerprint density at radius 3 is 2.53 bits per heavy atom. The van der Waals surface area contributed by atoms with Crippen LogP contribution in [0.5, 0.6) is 0 Å². The third-order valence-electron chi connectivity index (χ3n) is 10.3. The Labute approximate surface area is 320 Å². The number of piperidine rings is 3. The number of nitrogens with one attached hydrogen (secondary N) is 3. The summed E-state index contributed by atoms with van der Waals surface area (Å²) in [5.41, 5.74) is 4.40. The molecule has 1 aromatic heterocycles. The molecule has 4 heterocycles. The van der Waals surface area contributed by atoms with Crippen LogP contribution in [0.15, 0.2) is 103 Å². The molecule has 7 rings (SSSR count). The fraction of sp³-hybridized carbons (Fsp3) is 0.429. The van der Waals surface area contributed by atoms with Gasteiger partial charge in [0.2, 0.25) is 10.0 Å². The molecule has 9 nitrogen and oxygen atoms in total. The van der Waals surface area contributed by atoms with Crippen molar-refractivity contribution in [2.45, 2.75) is 88.9 Å². The molecule has 11 heteroatoms. The topological polar surface area (TPSA) is 105 Å². The second kappa shape index (κ2) is 16.8. The van der Waals surface area contributed by atoms with Crippen molar-refractivity contribution in [3.63, 3.8) is 0 Å². The first-order chi connectivity index (χ1) is 25.3. The maximum absolute atomic E-state index is 13.4. The van der Waals surface area contributed by atoms with Gasteiger partial charge >= 0.3 is 0 Å². The Morgan fingerprint density at radius 1 is 1.09 bits per heavy atom. The van der Waals surface area contributed by atoms with Crippen molar-refractivity contribution in [1.82, 2.24) is 19.9 Å². The zero-order valence-corrected chi connectivity index (χ0v) is 33.1. The molecule has 0 aliphatic carbocycles. The number of thiocarbonyl (C=S) groups is 1. The minimum atomic E-state index is -3.82. The summed E-state index contributed by atoms with van der Waals surface area (Å²) in [5, 5.41) is 7.94. The highest BCUT2D eigenvalue weighted by Gasteiger charge is 2.43. The van der Waals surface area contributed by atoms with Crippen LogP contribution in [0.25, 0.3) is 10.9 Å². The molecule has 3 aliphatic heterocycles. The summed E-state index contributed by atoms with van der Waals surface area (Å²) in [4.78, 5) is 7.50. The zero-order valence-electron chi connectivity index (χ0n) is 31.4. The number of pyridine rings is 1. The number of fused-ring (bicyclic) bond motifs is 4. The summed E-state index contributed by atoms with van der Waals surface area (Å²) < 4.78 is 42.8. The number of aryl methyl sites for hydroxylation is 1. The van der Waals surface area contributed by atoms with Crippen LogP contribution in [-0.4, -0.2) is 66.8 Å². The number of rotatable bonds is 14. The molecule has 282 valence electrons. The van der Waals surface area contributed by atoms with Gasteiger partial charge in [-0.05, 0) is 126 Å². The van der Waals surface area contributed by atoms with Crippen LogP contribution < -0.4 is 15.4 Å². The minimum Gasteiger partial charge on any atom is -0.371 e. The number of nitrogens with zero attached hydrogens (tertiary/aromatic N) is 2. The Bertz CT molecular complexity index is 1980. The first-order valence-corrected chi connectivity index (χ1v) is 20.4. The monoisotopic (exact) mass is 755 g/mol. The van der Waals surface area contributed by atoms with E-state index in [1.54, 1.807) is 24.3 Å². The third kappa shape index (κ3) is 9.89. The van der Waals surface area contributed by atoms with E-state index in [-0.39, 0.29) is 23.6 Å². The fourth-order valence-electron chi connectivity index (χ4n) is 7.66. The van der Waals surface area contributed by atoms with E-state index in [2.05, 4.69) is 57.2 Å². The number of benzene rings is 3. The van der Waals surface area contributed by atoms with Gasteiger partial charge < -0.3 is 20.1 Å². The van der Waals surface area contributed by atoms with Crippen LogP contribution >= 0.6 is 12.2 Å². The van der Waals surface area contributed by atoms with Crippen molar-refractivity contribution in [2.24, 2.45) is 11.8 Å². The van der Waals surface area contributed by atoms with Gasteiger partial charge in [0, 0.05) is 36.4 Å². The van der Waals surface area contributed by atoms with Gasteiger partial charge in [0.15, 0.2) is 5.11 Å². The number of hydrogen-bond acceptors (Lipinski definition) is 7. The molecule has 7 atom stereocenters. The molecule has 4 aromatic rings. The molecule has 3 unspecified atom stereocenters. The lowest BCUT2D eigenvalue weighted by Crippen LogP contribution is -2.55. The standard InChI is InChI=1S/C42H53N5O4S2/c1-7-31-26-47-22-20-32(31)23-39(47)40(50-27-30-11-9-8-10-12-30)35-19-21-43-37-18-15-33(24-36(35)37)45-41(52)44-25-38(29(3)51-42(4,5)6)46-53(48,49)34-16-13-28(2)14-17-34/h7-19,21,24,29,31-32,38-40,46H,1,20,22-23,25-27H2,2-6H3,(H2,44,45,52)/t29-,31?,32?,38+,39-,40+/m0/s1. The zero-order chi connectivity index (χ0) is 37.8. The summed E-state index contributed by atoms with van der Waals surface area (Å²) >= 11 is 5.77. The lowest BCUT2D eigenvalue weighted by Gasteiger charge is -2.51. The van der Waals surface area contributed by atoms with Crippen LogP contribution in [0, 0.1) is 18.8 Å². The van der Waals surface area contributed by atoms with E-state index in [9.17, 15) is 8.42 Å². The van der Waals surface area contributed by atoms with E-state index in [0.717, 1.165) is 52.8 Å². The molecule has 0 saturated carbocycles. The average molecular weight is 756 g/mol. The third-order valence-corrected chi connectivity index (χ3v) is 12.1. The van der Waals surface area contributed by atoms with Gasteiger partial charge in [0.25, 0.3) is 0 Å². The Balaban J connectivity index is 1.21.